The highest BCUT2D eigenvalue weighted by Crippen LogP contribution is 2.39. The van der Waals surface area contributed by atoms with Crippen LogP contribution in [0.4, 0.5) is 26.3 Å². The Balaban J connectivity index is 0.00000136. The van der Waals surface area contributed by atoms with E-state index in [0.717, 1.165) is 18.9 Å². The van der Waals surface area contributed by atoms with Gasteiger partial charge < -0.3 is 10.4 Å². The minimum atomic E-state index is -4.93. The van der Waals surface area contributed by atoms with Gasteiger partial charge in [-0.15, -0.1) is 0 Å². The number of alkyl halides is 6. The minimum Gasteiger partial charge on any atom is -0.387 e. The molecule has 2 unspecified atom stereocenters. The molecule has 2 heterocycles. The quantitative estimate of drug-likeness (QED) is 0.648. The van der Waals surface area contributed by atoms with Crippen LogP contribution in [0.3, 0.4) is 0 Å². The maximum Gasteiger partial charge on any atom is 0.433 e. The summed E-state index contributed by atoms with van der Waals surface area (Å²) in [6.45, 7) is 4.59. The van der Waals surface area contributed by atoms with E-state index in [4.69, 9.17) is 0 Å². The van der Waals surface area contributed by atoms with Crippen LogP contribution in [0.1, 0.15) is 56.0 Å². The molecule has 0 spiro atoms. The predicted molar refractivity (Wildman–Crippen MR) is 93.7 cm³/mol. The molecule has 1 aliphatic heterocycles. The Labute approximate surface area is 158 Å². The Morgan fingerprint density at radius 1 is 1.07 bits per heavy atom. The largest absolute Gasteiger partial charge is 0.433 e. The van der Waals surface area contributed by atoms with Gasteiger partial charge in [-0.1, -0.05) is 32.4 Å². The maximum absolute atomic E-state index is 13.2. The highest BCUT2D eigenvalue weighted by Gasteiger charge is 2.38. The lowest BCUT2D eigenvalue weighted by Crippen LogP contribution is -2.39. The van der Waals surface area contributed by atoms with E-state index in [1.54, 1.807) is 0 Å². The molecule has 1 aliphatic rings. The average molecular weight is 408 g/mol. The number of aliphatic hydroxyl groups is 1. The van der Waals surface area contributed by atoms with Crippen molar-refractivity contribution in [3.8, 4) is 0 Å². The summed E-state index contributed by atoms with van der Waals surface area (Å²) in [5.41, 5.74) is -3.72. The van der Waals surface area contributed by atoms with E-state index in [1.165, 1.54) is 6.07 Å². The molecule has 2 N–H and O–H groups in total. The van der Waals surface area contributed by atoms with E-state index in [0.29, 0.717) is 25.1 Å². The van der Waals surface area contributed by atoms with Gasteiger partial charge in [0, 0.05) is 11.4 Å². The fourth-order valence-electron chi connectivity index (χ4n) is 3.26. The van der Waals surface area contributed by atoms with Crippen molar-refractivity contribution in [1.29, 1.82) is 0 Å². The highest BCUT2D eigenvalue weighted by atomic mass is 19.4. The number of nitrogens with one attached hydrogen (secondary N) is 1. The van der Waals surface area contributed by atoms with Gasteiger partial charge in [0.2, 0.25) is 0 Å². The summed E-state index contributed by atoms with van der Waals surface area (Å²) in [4.78, 5) is 3.22. The number of aromatic nitrogens is 1. The summed E-state index contributed by atoms with van der Waals surface area (Å²) in [6, 6.07) is 3.16. The molecular formula is C19H22F6N2O. The molecule has 3 rings (SSSR count). The SMILES string of the molecule is CC.OC(c1cc(C(F)(F)F)nc2c(C(F)(F)F)cccc12)C1CCCCN1. The zero-order valence-corrected chi connectivity index (χ0v) is 15.5. The Kier molecular flexibility index (Phi) is 6.93. The molecule has 1 aromatic carbocycles. The van der Waals surface area contributed by atoms with Crippen LogP contribution in [0, 0.1) is 0 Å². The number of hydrogen-bond donors (Lipinski definition) is 2. The fraction of sp³-hybridized carbons (Fsp3) is 0.526. The van der Waals surface area contributed by atoms with Gasteiger partial charge in [-0.25, -0.2) is 4.98 Å². The van der Waals surface area contributed by atoms with E-state index >= 15 is 0 Å². The molecule has 156 valence electrons. The third kappa shape index (κ3) is 4.75. The number of rotatable bonds is 2. The summed E-state index contributed by atoms with van der Waals surface area (Å²) in [7, 11) is 0. The Hall–Kier alpha value is -1.87. The van der Waals surface area contributed by atoms with Crippen molar-refractivity contribution in [2.24, 2.45) is 0 Å². The van der Waals surface area contributed by atoms with Gasteiger partial charge in [0.05, 0.1) is 17.2 Å². The van der Waals surface area contributed by atoms with Crippen molar-refractivity contribution in [2.45, 2.75) is 57.6 Å². The normalized spacial score (nSPS) is 19.1. The Morgan fingerprint density at radius 2 is 1.75 bits per heavy atom. The molecule has 2 aromatic rings. The standard InChI is InChI=1S/C17H16F6N2O.C2H6/c18-16(19,20)11-5-3-4-9-10(15(26)12-6-1-2-7-24-12)8-13(17(21,22)23)25-14(9)11;1-2/h3-5,8,12,15,24,26H,1-2,6-7H2;1-2H3. The van der Waals surface area contributed by atoms with Gasteiger partial charge >= 0.3 is 12.4 Å². The first-order valence-electron chi connectivity index (χ1n) is 9.08. The Morgan fingerprint density at radius 3 is 2.29 bits per heavy atom. The molecule has 1 aromatic heterocycles. The molecule has 0 bridgehead atoms. The van der Waals surface area contributed by atoms with Crippen LogP contribution in [0.25, 0.3) is 10.9 Å². The van der Waals surface area contributed by atoms with Crippen LogP contribution in [0.2, 0.25) is 0 Å². The van der Waals surface area contributed by atoms with Gasteiger partial charge in [0.25, 0.3) is 0 Å². The number of benzene rings is 1. The Bertz CT molecular complexity index is 797. The van der Waals surface area contributed by atoms with Gasteiger partial charge in [0.1, 0.15) is 5.69 Å². The first kappa shape index (κ1) is 22.4. The van der Waals surface area contributed by atoms with Crippen LogP contribution in [0.5, 0.6) is 0 Å². The number of piperidine rings is 1. The molecule has 0 amide bonds. The summed E-state index contributed by atoms with van der Waals surface area (Å²) in [6.07, 6.45) is -9.00. The van der Waals surface area contributed by atoms with Crippen molar-refractivity contribution >= 4 is 10.9 Å². The molecular weight excluding hydrogens is 386 g/mol. The number of halogens is 6. The molecule has 9 heteroatoms. The monoisotopic (exact) mass is 408 g/mol. The predicted octanol–water partition coefficient (Wildman–Crippen LogP) is 5.47. The smallest absolute Gasteiger partial charge is 0.387 e. The number of nitrogens with zero attached hydrogens (tertiary/aromatic N) is 1. The number of fused-ring (bicyclic) bond motifs is 1. The molecule has 3 nitrogen and oxygen atoms in total. The third-order valence-electron chi connectivity index (χ3n) is 4.52. The molecule has 1 fully saturated rings. The first-order chi connectivity index (χ1) is 13.1. The van der Waals surface area contributed by atoms with Crippen molar-refractivity contribution in [3.63, 3.8) is 0 Å². The summed E-state index contributed by atoms with van der Waals surface area (Å²) in [5, 5.41) is 13.5. The molecule has 0 radical (unpaired) electrons. The van der Waals surface area contributed by atoms with E-state index in [9.17, 15) is 31.4 Å². The highest BCUT2D eigenvalue weighted by molar-refractivity contribution is 5.86. The number of para-hydroxylation sites is 1. The molecule has 0 saturated carbocycles. The summed E-state index contributed by atoms with van der Waals surface area (Å²) in [5.74, 6) is 0. The second-order valence-electron chi connectivity index (χ2n) is 6.30. The van der Waals surface area contributed by atoms with Crippen LogP contribution in [-0.2, 0) is 12.4 Å². The number of aliphatic hydroxyl groups excluding tert-OH is 1. The third-order valence-corrected chi connectivity index (χ3v) is 4.52. The topological polar surface area (TPSA) is 45.2 Å². The van der Waals surface area contributed by atoms with Crippen LogP contribution in [-0.4, -0.2) is 22.7 Å². The van der Waals surface area contributed by atoms with Gasteiger partial charge in [-0.05, 0) is 37.1 Å². The van der Waals surface area contributed by atoms with Crippen molar-refractivity contribution in [2.75, 3.05) is 6.54 Å². The fourth-order valence-corrected chi connectivity index (χ4v) is 3.26. The minimum absolute atomic E-state index is 0.132. The van der Waals surface area contributed by atoms with E-state index in [-0.39, 0.29) is 10.9 Å². The van der Waals surface area contributed by atoms with E-state index in [1.807, 2.05) is 13.8 Å². The van der Waals surface area contributed by atoms with Gasteiger partial charge in [0.15, 0.2) is 0 Å². The van der Waals surface area contributed by atoms with Crippen LogP contribution < -0.4 is 5.32 Å². The van der Waals surface area contributed by atoms with Crippen LogP contribution >= 0.6 is 0 Å². The van der Waals surface area contributed by atoms with E-state index in [2.05, 4.69) is 10.3 Å². The number of hydrogen-bond acceptors (Lipinski definition) is 3. The second-order valence-corrected chi connectivity index (χ2v) is 6.30. The van der Waals surface area contributed by atoms with Crippen LogP contribution in [0.15, 0.2) is 24.3 Å². The van der Waals surface area contributed by atoms with Gasteiger partial charge in [-0.3, -0.25) is 0 Å². The second kappa shape index (κ2) is 8.65. The summed E-state index contributed by atoms with van der Waals surface area (Å²) < 4.78 is 79.3. The number of pyridine rings is 1. The lowest BCUT2D eigenvalue weighted by Gasteiger charge is -2.29. The average Bonchev–Trinajstić information content (AvgIpc) is 2.67. The van der Waals surface area contributed by atoms with Gasteiger partial charge in [-0.2, -0.15) is 26.3 Å². The van der Waals surface area contributed by atoms with Crippen molar-refractivity contribution in [1.82, 2.24) is 10.3 Å². The zero-order chi connectivity index (χ0) is 21.1. The van der Waals surface area contributed by atoms with Crippen molar-refractivity contribution < 1.29 is 31.4 Å². The first-order valence-corrected chi connectivity index (χ1v) is 9.08. The molecule has 2 atom stereocenters. The lowest BCUT2D eigenvalue weighted by atomic mass is 9.91. The molecule has 1 saturated heterocycles. The zero-order valence-electron chi connectivity index (χ0n) is 15.5. The van der Waals surface area contributed by atoms with Crippen molar-refractivity contribution in [3.05, 3.63) is 41.1 Å². The molecule has 0 aliphatic carbocycles. The lowest BCUT2D eigenvalue weighted by molar-refractivity contribution is -0.142. The summed E-state index contributed by atoms with van der Waals surface area (Å²) >= 11 is 0. The maximum atomic E-state index is 13.2. The van der Waals surface area contributed by atoms with E-state index < -0.39 is 41.3 Å². The molecule has 28 heavy (non-hydrogen) atoms.